The van der Waals surface area contributed by atoms with Crippen molar-refractivity contribution in [1.82, 2.24) is 5.32 Å². The molecule has 1 aliphatic rings. The molecule has 0 aromatic carbocycles. The highest BCUT2D eigenvalue weighted by molar-refractivity contribution is 5.77. The number of nitrogens with two attached hydrogens (primary N) is 1. The van der Waals surface area contributed by atoms with Gasteiger partial charge in [-0.25, -0.2) is 0 Å². The van der Waals surface area contributed by atoms with E-state index in [0.717, 1.165) is 19.3 Å². The fraction of sp³-hybridized carbons (Fsp3) is 0.900. The molecule has 4 N–H and O–H groups in total. The average molecular weight is 216 g/mol. The Morgan fingerprint density at radius 3 is 3.00 bits per heavy atom. The highest BCUT2D eigenvalue weighted by atomic mass is 16.5. The second-order valence-corrected chi connectivity index (χ2v) is 3.89. The molecule has 1 aliphatic carbocycles. The number of ether oxygens (including phenoxy) is 1. The zero-order valence-electron chi connectivity index (χ0n) is 8.95. The largest absolute Gasteiger partial charge is 0.396 e. The van der Waals surface area contributed by atoms with Gasteiger partial charge in [-0.15, -0.1) is 0 Å². The zero-order valence-corrected chi connectivity index (χ0v) is 8.95. The van der Waals surface area contributed by atoms with E-state index in [1.807, 2.05) is 0 Å². The minimum atomic E-state index is -0.117. The number of hydrogen-bond donors (Lipinski definition) is 3. The Kier molecular flexibility index (Phi) is 5.60. The highest BCUT2D eigenvalue weighted by Gasteiger charge is 2.27. The van der Waals surface area contributed by atoms with Crippen molar-refractivity contribution in [2.75, 3.05) is 26.4 Å². The van der Waals surface area contributed by atoms with Crippen LogP contribution in [0.4, 0.5) is 0 Å². The number of carbonyl (C=O) groups is 1. The summed E-state index contributed by atoms with van der Waals surface area (Å²) < 4.78 is 5.02. The lowest BCUT2D eigenvalue weighted by atomic mass is 10.1. The van der Waals surface area contributed by atoms with Gasteiger partial charge in [0, 0.05) is 25.1 Å². The van der Waals surface area contributed by atoms with E-state index >= 15 is 0 Å². The van der Waals surface area contributed by atoms with E-state index in [-0.39, 0.29) is 31.1 Å². The maximum absolute atomic E-state index is 11.4. The van der Waals surface area contributed by atoms with Crippen LogP contribution in [-0.4, -0.2) is 43.4 Å². The van der Waals surface area contributed by atoms with Crippen LogP contribution in [-0.2, 0) is 9.53 Å². The third-order valence-corrected chi connectivity index (χ3v) is 2.74. The first-order valence-electron chi connectivity index (χ1n) is 5.46. The van der Waals surface area contributed by atoms with Crippen molar-refractivity contribution in [3.8, 4) is 0 Å². The van der Waals surface area contributed by atoms with Crippen molar-refractivity contribution in [1.29, 1.82) is 0 Å². The molecular formula is C10H20N2O3. The Labute approximate surface area is 90.0 Å². The molecule has 0 aliphatic heterocycles. The van der Waals surface area contributed by atoms with E-state index < -0.39 is 0 Å². The maximum atomic E-state index is 11.4. The first-order valence-corrected chi connectivity index (χ1v) is 5.46. The SMILES string of the molecule is NCCOCC(=O)NC1CCCC1CO. The number of aliphatic hydroxyl groups is 1. The normalized spacial score (nSPS) is 25.5. The van der Waals surface area contributed by atoms with Gasteiger partial charge < -0.3 is 20.9 Å². The van der Waals surface area contributed by atoms with Crippen LogP contribution in [0.5, 0.6) is 0 Å². The van der Waals surface area contributed by atoms with Gasteiger partial charge in [0.2, 0.25) is 5.91 Å². The molecule has 0 bridgehead atoms. The van der Waals surface area contributed by atoms with Gasteiger partial charge in [-0.05, 0) is 12.8 Å². The summed E-state index contributed by atoms with van der Waals surface area (Å²) in [6, 6.07) is 0.115. The molecule has 1 amide bonds. The van der Waals surface area contributed by atoms with Gasteiger partial charge in [0.15, 0.2) is 0 Å². The van der Waals surface area contributed by atoms with Gasteiger partial charge in [-0.2, -0.15) is 0 Å². The second-order valence-electron chi connectivity index (χ2n) is 3.89. The molecule has 0 aromatic rings. The number of aliphatic hydroxyl groups excluding tert-OH is 1. The molecule has 1 saturated carbocycles. The van der Waals surface area contributed by atoms with Gasteiger partial charge >= 0.3 is 0 Å². The van der Waals surface area contributed by atoms with Crippen LogP contribution in [0.3, 0.4) is 0 Å². The van der Waals surface area contributed by atoms with Crippen molar-refractivity contribution >= 4 is 5.91 Å². The minimum absolute atomic E-state index is 0.0614. The standard InChI is InChI=1S/C10H20N2O3/c11-4-5-15-7-10(14)12-9-3-1-2-8(9)6-13/h8-9,13H,1-7,11H2,(H,12,14). The number of hydrogen-bond acceptors (Lipinski definition) is 4. The predicted molar refractivity (Wildman–Crippen MR) is 56.2 cm³/mol. The monoisotopic (exact) mass is 216 g/mol. The van der Waals surface area contributed by atoms with Crippen molar-refractivity contribution in [2.45, 2.75) is 25.3 Å². The van der Waals surface area contributed by atoms with Crippen LogP contribution in [0.1, 0.15) is 19.3 Å². The predicted octanol–water partition coefficient (Wildman–Crippen LogP) is -0.761. The molecule has 0 saturated heterocycles. The van der Waals surface area contributed by atoms with E-state index in [2.05, 4.69) is 5.32 Å². The van der Waals surface area contributed by atoms with Crippen LogP contribution in [0.25, 0.3) is 0 Å². The minimum Gasteiger partial charge on any atom is -0.396 e. The Bertz CT molecular complexity index is 199. The quantitative estimate of drug-likeness (QED) is 0.509. The molecular weight excluding hydrogens is 196 g/mol. The van der Waals surface area contributed by atoms with E-state index in [0.29, 0.717) is 13.2 Å². The topological polar surface area (TPSA) is 84.6 Å². The zero-order chi connectivity index (χ0) is 11.1. The molecule has 1 rings (SSSR count). The molecule has 0 aromatic heterocycles. The van der Waals surface area contributed by atoms with Crippen LogP contribution >= 0.6 is 0 Å². The second kappa shape index (κ2) is 6.76. The number of carbonyl (C=O) groups excluding carboxylic acids is 1. The Hall–Kier alpha value is -0.650. The average Bonchev–Trinajstić information content (AvgIpc) is 2.65. The first kappa shape index (κ1) is 12.4. The Balaban J connectivity index is 2.19. The molecule has 15 heavy (non-hydrogen) atoms. The lowest BCUT2D eigenvalue weighted by Gasteiger charge is -2.18. The fourth-order valence-corrected chi connectivity index (χ4v) is 1.94. The molecule has 2 atom stereocenters. The summed E-state index contributed by atoms with van der Waals surface area (Å²) in [7, 11) is 0. The van der Waals surface area contributed by atoms with Crippen molar-refractivity contribution in [3.63, 3.8) is 0 Å². The molecule has 5 nitrogen and oxygen atoms in total. The van der Waals surface area contributed by atoms with Crippen LogP contribution in [0.15, 0.2) is 0 Å². The summed E-state index contributed by atoms with van der Waals surface area (Å²) in [5, 5.41) is 11.9. The summed E-state index contributed by atoms with van der Waals surface area (Å²) in [6.45, 7) is 1.04. The van der Waals surface area contributed by atoms with Gasteiger partial charge in [0.1, 0.15) is 6.61 Å². The molecule has 5 heteroatoms. The number of amides is 1. The van der Waals surface area contributed by atoms with Crippen LogP contribution in [0, 0.1) is 5.92 Å². The molecule has 0 heterocycles. The summed E-state index contributed by atoms with van der Waals surface area (Å²) in [6.07, 6.45) is 3.01. The maximum Gasteiger partial charge on any atom is 0.246 e. The third kappa shape index (κ3) is 4.15. The highest BCUT2D eigenvalue weighted by Crippen LogP contribution is 2.24. The fourth-order valence-electron chi connectivity index (χ4n) is 1.94. The molecule has 1 fully saturated rings. The third-order valence-electron chi connectivity index (χ3n) is 2.74. The van der Waals surface area contributed by atoms with Gasteiger partial charge in [0.25, 0.3) is 0 Å². The van der Waals surface area contributed by atoms with Crippen LogP contribution < -0.4 is 11.1 Å². The summed E-state index contributed by atoms with van der Waals surface area (Å²) >= 11 is 0. The van der Waals surface area contributed by atoms with E-state index in [4.69, 9.17) is 15.6 Å². The summed E-state index contributed by atoms with van der Waals surface area (Å²) in [4.78, 5) is 11.4. The Morgan fingerprint density at radius 2 is 2.33 bits per heavy atom. The van der Waals surface area contributed by atoms with E-state index in [1.54, 1.807) is 0 Å². The Morgan fingerprint density at radius 1 is 1.53 bits per heavy atom. The van der Waals surface area contributed by atoms with Gasteiger partial charge in [-0.1, -0.05) is 6.42 Å². The first-order chi connectivity index (χ1) is 7.27. The van der Waals surface area contributed by atoms with Gasteiger partial charge in [0.05, 0.1) is 6.61 Å². The summed E-state index contributed by atoms with van der Waals surface area (Å²) in [5.74, 6) is 0.0947. The van der Waals surface area contributed by atoms with Crippen molar-refractivity contribution < 1.29 is 14.6 Å². The van der Waals surface area contributed by atoms with E-state index in [9.17, 15) is 4.79 Å². The molecule has 0 radical (unpaired) electrons. The van der Waals surface area contributed by atoms with Gasteiger partial charge in [-0.3, -0.25) is 4.79 Å². The van der Waals surface area contributed by atoms with Crippen LogP contribution in [0.2, 0.25) is 0 Å². The number of nitrogens with one attached hydrogen (secondary N) is 1. The smallest absolute Gasteiger partial charge is 0.246 e. The molecule has 2 unspecified atom stereocenters. The molecule has 88 valence electrons. The van der Waals surface area contributed by atoms with Crippen molar-refractivity contribution in [2.24, 2.45) is 11.7 Å². The summed E-state index contributed by atoms with van der Waals surface area (Å²) in [5.41, 5.74) is 5.23. The molecule has 0 spiro atoms. The van der Waals surface area contributed by atoms with E-state index in [1.165, 1.54) is 0 Å². The van der Waals surface area contributed by atoms with Crippen molar-refractivity contribution in [3.05, 3.63) is 0 Å². The number of rotatable bonds is 6. The lowest BCUT2D eigenvalue weighted by Crippen LogP contribution is -2.40. The lowest BCUT2D eigenvalue weighted by molar-refractivity contribution is -0.126.